The topological polar surface area (TPSA) is 102 Å². The molecule has 7 nitrogen and oxygen atoms in total. The van der Waals surface area contributed by atoms with Crippen LogP contribution in [-0.2, 0) is 21.6 Å². The van der Waals surface area contributed by atoms with Crippen LogP contribution in [0.1, 0.15) is 24.0 Å². The van der Waals surface area contributed by atoms with Gasteiger partial charge in [-0.3, -0.25) is 15.4 Å². The molecule has 0 aromatic heterocycles. The van der Waals surface area contributed by atoms with Crippen molar-refractivity contribution in [1.82, 2.24) is 5.32 Å². The first kappa shape index (κ1) is 19.6. The average Bonchev–Trinajstić information content (AvgIpc) is 2.69. The molecule has 138 valence electrons. The first-order valence-electron chi connectivity index (χ1n) is 8.26. The number of nitro benzene ring substituents is 1. The number of nitro groups is 1. The summed E-state index contributed by atoms with van der Waals surface area (Å²) < 4.78 is 5.03. The average molecular weight is 358 g/mol. The molecule has 0 aliphatic rings. The minimum absolute atomic E-state index is 0.0105. The van der Waals surface area contributed by atoms with Gasteiger partial charge in [-0.1, -0.05) is 42.5 Å². The van der Waals surface area contributed by atoms with E-state index in [1.807, 2.05) is 30.3 Å². The lowest BCUT2D eigenvalue weighted by atomic mass is 9.85. The molecule has 0 aliphatic heterocycles. The normalized spacial score (nSPS) is 13.0. The molecule has 0 fully saturated rings. The van der Waals surface area contributed by atoms with Crippen LogP contribution >= 0.6 is 0 Å². The molecule has 0 unspecified atom stereocenters. The molecule has 0 spiro atoms. The van der Waals surface area contributed by atoms with Gasteiger partial charge in [-0.2, -0.15) is 0 Å². The molecule has 2 aromatic carbocycles. The predicted octanol–water partition coefficient (Wildman–Crippen LogP) is 2.53. The SMILES string of the molecule is COC(=O)[C@@](CCCO)(NCc1ccc([N+](=O)[O-])cc1)c1ccccc1. The minimum Gasteiger partial charge on any atom is -0.467 e. The van der Waals surface area contributed by atoms with E-state index in [4.69, 9.17) is 4.74 Å². The summed E-state index contributed by atoms with van der Waals surface area (Å²) in [7, 11) is 1.33. The number of carbonyl (C=O) groups excluding carboxylic acids is 1. The van der Waals surface area contributed by atoms with E-state index in [2.05, 4.69) is 5.32 Å². The van der Waals surface area contributed by atoms with E-state index in [-0.39, 0.29) is 12.3 Å². The number of nitrogens with one attached hydrogen (secondary N) is 1. The second kappa shape index (κ2) is 9.07. The first-order valence-corrected chi connectivity index (χ1v) is 8.26. The highest BCUT2D eigenvalue weighted by atomic mass is 16.6. The number of hydrogen-bond donors (Lipinski definition) is 2. The molecular weight excluding hydrogens is 336 g/mol. The Hall–Kier alpha value is -2.77. The molecule has 0 amide bonds. The molecule has 2 N–H and O–H groups in total. The lowest BCUT2D eigenvalue weighted by Gasteiger charge is -2.33. The summed E-state index contributed by atoms with van der Waals surface area (Å²) in [6.45, 7) is 0.262. The molecule has 26 heavy (non-hydrogen) atoms. The summed E-state index contributed by atoms with van der Waals surface area (Å²) >= 11 is 0. The largest absolute Gasteiger partial charge is 0.467 e. The van der Waals surface area contributed by atoms with Gasteiger partial charge < -0.3 is 9.84 Å². The molecule has 0 bridgehead atoms. The molecule has 2 rings (SSSR count). The van der Waals surface area contributed by atoms with E-state index in [1.165, 1.54) is 19.2 Å². The van der Waals surface area contributed by atoms with E-state index in [9.17, 15) is 20.0 Å². The lowest BCUT2D eigenvalue weighted by molar-refractivity contribution is -0.384. The molecule has 1 atom stereocenters. The second-order valence-corrected chi connectivity index (χ2v) is 5.87. The van der Waals surface area contributed by atoms with Crippen LogP contribution in [0.25, 0.3) is 0 Å². The van der Waals surface area contributed by atoms with E-state index in [0.717, 1.165) is 11.1 Å². The zero-order chi connectivity index (χ0) is 19.0. The Morgan fingerprint density at radius 1 is 1.19 bits per heavy atom. The molecular formula is C19H22N2O5. The first-order chi connectivity index (χ1) is 12.5. The summed E-state index contributed by atoms with van der Waals surface area (Å²) in [5.41, 5.74) is 0.433. The van der Waals surface area contributed by atoms with Crippen molar-refractivity contribution in [1.29, 1.82) is 0 Å². The molecule has 0 radical (unpaired) electrons. The van der Waals surface area contributed by atoms with Gasteiger partial charge in [0.25, 0.3) is 5.69 Å². The van der Waals surface area contributed by atoms with Crippen molar-refractivity contribution in [3.05, 3.63) is 75.8 Å². The standard InChI is InChI=1S/C19H22N2O5/c1-26-18(23)19(12-5-13-22,16-6-3-2-4-7-16)20-14-15-8-10-17(11-9-15)21(24)25/h2-4,6-11,20,22H,5,12-14H2,1H3/t19-/m0/s1. The van der Waals surface area contributed by atoms with Gasteiger partial charge in [0.1, 0.15) is 5.54 Å². The Morgan fingerprint density at radius 2 is 1.85 bits per heavy atom. The Bertz CT molecular complexity index is 733. The van der Waals surface area contributed by atoms with Gasteiger partial charge >= 0.3 is 5.97 Å². The molecule has 0 heterocycles. The highest BCUT2D eigenvalue weighted by molar-refractivity contribution is 5.82. The maximum Gasteiger partial charge on any atom is 0.330 e. The zero-order valence-corrected chi connectivity index (χ0v) is 14.6. The highest BCUT2D eigenvalue weighted by Crippen LogP contribution is 2.29. The smallest absolute Gasteiger partial charge is 0.330 e. The van der Waals surface area contributed by atoms with Gasteiger partial charge in [0, 0.05) is 25.3 Å². The molecule has 7 heteroatoms. The molecule has 2 aromatic rings. The van der Waals surface area contributed by atoms with Crippen LogP contribution in [-0.4, -0.2) is 29.7 Å². The number of aliphatic hydroxyl groups excluding tert-OH is 1. The monoisotopic (exact) mass is 358 g/mol. The van der Waals surface area contributed by atoms with Crippen molar-refractivity contribution < 1.29 is 19.6 Å². The maximum absolute atomic E-state index is 12.6. The lowest BCUT2D eigenvalue weighted by Crippen LogP contribution is -2.49. The van der Waals surface area contributed by atoms with Crippen molar-refractivity contribution in [2.75, 3.05) is 13.7 Å². The third-order valence-electron chi connectivity index (χ3n) is 4.25. The number of nitrogens with zero attached hydrogens (tertiary/aromatic N) is 1. The number of hydrogen-bond acceptors (Lipinski definition) is 6. The van der Waals surface area contributed by atoms with E-state index in [1.54, 1.807) is 12.1 Å². The number of carbonyl (C=O) groups is 1. The van der Waals surface area contributed by atoms with Crippen molar-refractivity contribution in [3.8, 4) is 0 Å². The van der Waals surface area contributed by atoms with E-state index >= 15 is 0 Å². The Labute approximate surface area is 151 Å². The van der Waals surface area contributed by atoms with E-state index in [0.29, 0.717) is 19.4 Å². The number of aliphatic hydroxyl groups is 1. The number of ether oxygens (including phenoxy) is 1. The van der Waals surface area contributed by atoms with Gasteiger partial charge in [-0.25, -0.2) is 4.79 Å². The van der Waals surface area contributed by atoms with Crippen molar-refractivity contribution >= 4 is 11.7 Å². The third-order valence-corrected chi connectivity index (χ3v) is 4.25. The quantitative estimate of drug-likeness (QED) is 0.406. The Morgan fingerprint density at radius 3 is 2.38 bits per heavy atom. The fourth-order valence-electron chi connectivity index (χ4n) is 2.86. The maximum atomic E-state index is 12.6. The number of non-ortho nitro benzene ring substituents is 1. The van der Waals surface area contributed by atoms with E-state index < -0.39 is 16.4 Å². The number of benzene rings is 2. The van der Waals surface area contributed by atoms with Crippen molar-refractivity contribution in [2.24, 2.45) is 0 Å². The zero-order valence-electron chi connectivity index (χ0n) is 14.6. The van der Waals surface area contributed by atoms with Crippen LogP contribution in [0.3, 0.4) is 0 Å². The number of esters is 1. The van der Waals surface area contributed by atoms with Gasteiger partial charge in [0.15, 0.2) is 0 Å². The van der Waals surface area contributed by atoms with Crippen molar-refractivity contribution in [2.45, 2.75) is 24.9 Å². The highest BCUT2D eigenvalue weighted by Gasteiger charge is 2.40. The van der Waals surface area contributed by atoms with Gasteiger partial charge in [0.2, 0.25) is 0 Å². The van der Waals surface area contributed by atoms with Gasteiger partial charge in [-0.05, 0) is 24.0 Å². The van der Waals surface area contributed by atoms with Gasteiger partial charge in [-0.15, -0.1) is 0 Å². The van der Waals surface area contributed by atoms with Crippen LogP contribution in [0.2, 0.25) is 0 Å². The fraction of sp³-hybridized carbons (Fsp3) is 0.316. The van der Waals surface area contributed by atoms with Crippen LogP contribution < -0.4 is 5.32 Å². The summed E-state index contributed by atoms with van der Waals surface area (Å²) in [5.74, 6) is -0.445. The fourth-order valence-corrected chi connectivity index (χ4v) is 2.86. The Balaban J connectivity index is 2.30. The summed E-state index contributed by atoms with van der Waals surface area (Å²) in [5, 5.41) is 23.3. The van der Waals surface area contributed by atoms with Crippen LogP contribution in [0.4, 0.5) is 5.69 Å². The van der Waals surface area contributed by atoms with Crippen LogP contribution in [0.5, 0.6) is 0 Å². The predicted molar refractivity (Wildman–Crippen MR) is 96.4 cm³/mol. The Kier molecular flexibility index (Phi) is 6.82. The number of rotatable bonds is 9. The van der Waals surface area contributed by atoms with Crippen molar-refractivity contribution in [3.63, 3.8) is 0 Å². The molecule has 0 aliphatic carbocycles. The minimum atomic E-state index is -1.11. The number of methoxy groups -OCH3 is 1. The molecule has 0 saturated carbocycles. The summed E-state index contributed by atoms with van der Waals surface area (Å²) in [4.78, 5) is 23.0. The third kappa shape index (κ3) is 4.44. The summed E-state index contributed by atoms with van der Waals surface area (Å²) in [6.07, 6.45) is 0.768. The van der Waals surface area contributed by atoms with Gasteiger partial charge in [0.05, 0.1) is 12.0 Å². The second-order valence-electron chi connectivity index (χ2n) is 5.87. The van der Waals surface area contributed by atoms with Crippen LogP contribution in [0.15, 0.2) is 54.6 Å². The van der Waals surface area contributed by atoms with Crippen LogP contribution in [0, 0.1) is 10.1 Å². The molecule has 0 saturated heterocycles. The summed E-state index contributed by atoms with van der Waals surface area (Å²) in [6, 6.07) is 15.3.